The number of nitrogens with one attached hydrogen (secondary N) is 2. The smallest absolute Gasteiger partial charge is 0.229 e. The highest BCUT2D eigenvalue weighted by Gasteiger charge is 2.02. The molecule has 2 N–H and O–H groups in total. The van der Waals surface area contributed by atoms with Gasteiger partial charge in [0.2, 0.25) is 5.95 Å². The van der Waals surface area contributed by atoms with Gasteiger partial charge in [0, 0.05) is 18.4 Å². The molecule has 3 aromatic rings. The predicted octanol–water partition coefficient (Wildman–Crippen LogP) is 5.08. The number of aromatic nitrogens is 2. The van der Waals surface area contributed by atoms with Crippen molar-refractivity contribution in [2.24, 2.45) is 5.92 Å². The normalized spacial score (nSPS) is 10.5. The Labute approximate surface area is 148 Å². The van der Waals surface area contributed by atoms with E-state index in [4.69, 9.17) is 4.74 Å². The summed E-state index contributed by atoms with van der Waals surface area (Å²) in [4.78, 5) is 8.72. The van der Waals surface area contributed by atoms with Gasteiger partial charge < -0.3 is 15.4 Å². The molecular formula is C20H22N4O. The van der Waals surface area contributed by atoms with Gasteiger partial charge in [-0.1, -0.05) is 32.0 Å². The fourth-order valence-corrected chi connectivity index (χ4v) is 2.19. The number of para-hydroxylation sites is 1. The standard InChI is InChI=1S/C20H22N4O/c1-15(2)14-22-19-12-13-21-20(24-19)23-16-8-10-18(11-9-16)25-17-6-4-3-5-7-17/h3-13,15H,14H2,1-2H3,(H2,21,22,23,24). The summed E-state index contributed by atoms with van der Waals surface area (Å²) in [5.74, 6) is 3.53. The Morgan fingerprint density at radius 3 is 2.36 bits per heavy atom. The molecule has 0 fully saturated rings. The molecule has 0 unspecified atom stereocenters. The first-order valence-corrected chi connectivity index (χ1v) is 8.36. The number of ether oxygens (including phenoxy) is 1. The van der Waals surface area contributed by atoms with Gasteiger partial charge in [0.25, 0.3) is 0 Å². The van der Waals surface area contributed by atoms with E-state index in [0.717, 1.165) is 29.5 Å². The summed E-state index contributed by atoms with van der Waals surface area (Å²) < 4.78 is 5.79. The molecule has 0 atom stereocenters. The van der Waals surface area contributed by atoms with Gasteiger partial charge in [0.15, 0.2) is 0 Å². The van der Waals surface area contributed by atoms with E-state index in [9.17, 15) is 0 Å². The monoisotopic (exact) mass is 334 g/mol. The zero-order valence-electron chi connectivity index (χ0n) is 14.4. The van der Waals surface area contributed by atoms with Crippen molar-refractivity contribution in [2.45, 2.75) is 13.8 Å². The third-order valence-corrected chi connectivity index (χ3v) is 3.44. The van der Waals surface area contributed by atoms with Crippen molar-refractivity contribution in [3.8, 4) is 11.5 Å². The van der Waals surface area contributed by atoms with Crippen LogP contribution in [0.2, 0.25) is 0 Å². The maximum atomic E-state index is 5.79. The number of hydrogen-bond donors (Lipinski definition) is 2. The summed E-state index contributed by atoms with van der Waals surface area (Å²) >= 11 is 0. The predicted molar refractivity (Wildman–Crippen MR) is 102 cm³/mol. The highest BCUT2D eigenvalue weighted by molar-refractivity contribution is 5.56. The van der Waals surface area contributed by atoms with Crippen LogP contribution in [0.1, 0.15) is 13.8 Å². The minimum Gasteiger partial charge on any atom is -0.457 e. The molecule has 2 aromatic carbocycles. The summed E-state index contributed by atoms with van der Waals surface area (Å²) in [5, 5.41) is 6.50. The molecule has 0 saturated carbocycles. The topological polar surface area (TPSA) is 59.1 Å². The zero-order valence-corrected chi connectivity index (χ0v) is 14.4. The summed E-state index contributed by atoms with van der Waals surface area (Å²) in [6.07, 6.45) is 1.74. The van der Waals surface area contributed by atoms with E-state index >= 15 is 0 Å². The second-order valence-corrected chi connectivity index (χ2v) is 6.10. The Hall–Kier alpha value is -3.08. The fraction of sp³-hybridized carbons (Fsp3) is 0.200. The van der Waals surface area contributed by atoms with E-state index < -0.39 is 0 Å². The number of benzene rings is 2. The van der Waals surface area contributed by atoms with Gasteiger partial charge >= 0.3 is 0 Å². The van der Waals surface area contributed by atoms with E-state index in [-0.39, 0.29) is 0 Å². The number of anilines is 3. The largest absolute Gasteiger partial charge is 0.457 e. The molecular weight excluding hydrogens is 312 g/mol. The molecule has 5 nitrogen and oxygen atoms in total. The van der Waals surface area contributed by atoms with Gasteiger partial charge in [-0.2, -0.15) is 4.98 Å². The summed E-state index contributed by atoms with van der Waals surface area (Å²) in [5.41, 5.74) is 0.904. The highest BCUT2D eigenvalue weighted by Crippen LogP contribution is 2.23. The maximum Gasteiger partial charge on any atom is 0.229 e. The molecule has 0 amide bonds. The molecule has 25 heavy (non-hydrogen) atoms. The third-order valence-electron chi connectivity index (χ3n) is 3.44. The van der Waals surface area contributed by atoms with Crippen molar-refractivity contribution in [1.82, 2.24) is 9.97 Å². The fourth-order valence-electron chi connectivity index (χ4n) is 2.19. The number of hydrogen-bond acceptors (Lipinski definition) is 5. The molecule has 0 aliphatic carbocycles. The van der Waals surface area contributed by atoms with Gasteiger partial charge in [-0.05, 0) is 48.4 Å². The Morgan fingerprint density at radius 1 is 0.920 bits per heavy atom. The first-order valence-electron chi connectivity index (χ1n) is 8.36. The quantitative estimate of drug-likeness (QED) is 0.631. The van der Waals surface area contributed by atoms with E-state index in [1.165, 1.54) is 0 Å². The number of nitrogens with zero attached hydrogens (tertiary/aromatic N) is 2. The van der Waals surface area contributed by atoms with Crippen LogP contribution in [0.15, 0.2) is 66.9 Å². The van der Waals surface area contributed by atoms with Crippen LogP contribution in [0.25, 0.3) is 0 Å². The molecule has 0 spiro atoms. The summed E-state index contributed by atoms with van der Waals surface area (Å²) in [6.45, 7) is 5.20. The van der Waals surface area contributed by atoms with E-state index in [1.807, 2.05) is 60.7 Å². The van der Waals surface area contributed by atoms with Gasteiger partial charge in [-0.25, -0.2) is 4.98 Å². The lowest BCUT2D eigenvalue weighted by atomic mass is 10.2. The minimum absolute atomic E-state index is 0.559. The molecule has 0 aliphatic heterocycles. The van der Waals surface area contributed by atoms with Crippen molar-refractivity contribution < 1.29 is 4.74 Å². The van der Waals surface area contributed by atoms with Crippen molar-refractivity contribution in [2.75, 3.05) is 17.2 Å². The zero-order chi connectivity index (χ0) is 17.5. The van der Waals surface area contributed by atoms with Crippen molar-refractivity contribution >= 4 is 17.5 Å². The Kier molecular flexibility index (Phi) is 5.46. The van der Waals surface area contributed by atoms with Crippen LogP contribution in [0.4, 0.5) is 17.5 Å². The Bertz CT molecular complexity index is 788. The van der Waals surface area contributed by atoms with Gasteiger partial charge in [0.1, 0.15) is 17.3 Å². The first kappa shape index (κ1) is 16.8. The van der Waals surface area contributed by atoms with Crippen LogP contribution in [0.5, 0.6) is 11.5 Å². The highest BCUT2D eigenvalue weighted by atomic mass is 16.5. The van der Waals surface area contributed by atoms with Gasteiger partial charge in [-0.15, -0.1) is 0 Å². The van der Waals surface area contributed by atoms with Gasteiger partial charge in [0.05, 0.1) is 0 Å². The minimum atomic E-state index is 0.559. The molecule has 1 heterocycles. The average molecular weight is 334 g/mol. The third kappa shape index (κ3) is 5.21. The van der Waals surface area contributed by atoms with E-state index in [2.05, 4.69) is 34.4 Å². The van der Waals surface area contributed by atoms with Crippen LogP contribution in [-0.2, 0) is 0 Å². The Balaban J connectivity index is 1.62. The van der Waals surface area contributed by atoms with E-state index in [0.29, 0.717) is 11.9 Å². The van der Waals surface area contributed by atoms with Crippen LogP contribution >= 0.6 is 0 Å². The molecule has 0 aliphatic rings. The summed E-state index contributed by atoms with van der Waals surface area (Å²) in [6, 6.07) is 19.3. The van der Waals surface area contributed by atoms with Crippen molar-refractivity contribution in [3.63, 3.8) is 0 Å². The average Bonchev–Trinajstić information content (AvgIpc) is 2.63. The second-order valence-electron chi connectivity index (χ2n) is 6.10. The molecule has 3 rings (SSSR count). The second kappa shape index (κ2) is 8.15. The lowest BCUT2D eigenvalue weighted by Crippen LogP contribution is -2.10. The van der Waals surface area contributed by atoms with Crippen LogP contribution < -0.4 is 15.4 Å². The molecule has 0 bridgehead atoms. The summed E-state index contributed by atoms with van der Waals surface area (Å²) in [7, 11) is 0. The molecule has 128 valence electrons. The van der Waals surface area contributed by atoms with E-state index in [1.54, 1.807) is 6.20 Å². The molecule has 0 radical (unpaired) electrons. The van der Waals surface area contributed by atoms with Crippen molar-refractivity contribution in [3.05, 3.63) is 66.9 Å². The van der Waals surface area contributed by atoms with Gasteiger partial charge in [-0.3, -0.25) is 0 Å². The molecule has 1 aromatic heterocycles. The van der Waals surface area contributed by atoms with Crippen LogP contribution in [0.3, 0.4) is 0 Å². The lowest BCUT2D eigenvalue weighted by Gasteiger charge is -2.10. The number of rotatable bonds is 7. The van der Waals surface area contributed by atoms with Crippen molar-refractivity contribution in [1.29, 1.82) is 0 Å². The van der Waals surface area contributed by atoms with Crippen LogP contribution in [-0.4, -0.2) is 16.5 Å². The molecule has 0 saturated heterocycles. The lowest BCUT2D eigenvalue weighted by molar-refractivity contribution is 0.483. The first-order chi connectivity index (χ1) is 12.2. The maximum absolute atomic E-state index is 5.79. The molecule has 5 heteroatoms. The Morgan fingerprint density at radius 2 is 1.64 bits per heavy atom. The SMILES string of the molecule is CC(C)CNc1ccnc(Nc2ccc(Oc3ccccc3)cc2)n1. The van der Waals surface area contributed by atoms with Crippen LogP contribution in [0, 0.1) is 5.92 Å².